The quantitative estimate of drug-likeness (QED) is 0.829. The van der Waals surface area contributed by atoms with Crippen molar-refractivity contribution in [1.82, 2.24) is 14.8 Å². The van der Waals surface area contributed by atoms with E-state index in [9.17, 15) is 5.11 Å². The van der Waals surface area contributed by atoms with E-state index in [4.69, 9.17) is 0 Å². The molecule has 1 N–H and O–H groups in total. The lowest BCUT2D eigenvalue weighted by atomic mass is 10.2. The molecule has 1 rings (SSSR count). The summed E-state index contributed by atoms with van der Waals surface area (Å²) in [7, 11) is 0. The number of aliphatic hydroxyl groups is 1. The zero-order valence-corrected chi connectivity index (χ0v) is 11.2. The Morgan fingerprint density at radius 1 is 1.38 bits per heavy atom. The number of nitrogens with zero attached hydrogens (tertiary/aromatic N) is 3. The maximum absolute atomic E-state index is 9.87. The summed E-state index contributed by atoms with van der Waals surface area (Å²) in [5.41, 5.74) is 0. The van der Waals surface area contributed by atoms with Crippen LogP contribution in [0.3, 0.4) is 0 Å². The van der Waals surface area contributed by atoms with Gasteiger partial charge in [0, 0.05) is 18.2 Å². The Balaban J connectivity index is 2.49. The van der Waals surface area contributed by atoms with Crippen molar-refractivity contribution in [2.24, 2.45) is 0 Å². The highest BCUT2D eigenvalue weighted by atomic mass is 32.2. The second kappa shape index (κ2) is 6.25. The van der Waals surface area contributed by atoms with Crippen LogP contribution in [0.25, 0.3) is 0 Å². The summed E-state index contributed by atoms with van der Waals surface area (Å²) >= 11 is 1.77. The van der Waals surface area contributed by atoms with E-state index in [1.54, 1.807) is 18.1 Å². The Morgan fingerprint density at radius 2 is 2.06 bits per heavy atom. The number of hydrogen-bond acceptors (Lipinski definition) is 4. The van der Waals surface area contributed by atoms with E-state index >= 15 is 0 Å². The second-order valence-electron chi connectivity index (χ2n) is 4.45. The maximum Gasteiger partial charge on any atom is 0.138 e. The van der Waals surface area contributed by atoms with E-state index in [0.717, 1.165) is 11.6 Å². The average Bonchev–Trinajstić information content (AvgIpc) is 2.62. The largest absolute Gasteiger partial charge is 0.392 e. The summed E-state index contributed by atoms with van der Waals surface area (Å²) in [5.74, 6) is 1.62. The lowest BCUT2D eigenvalue weighted by Gasteiger charge is -2.13. The molecule has 0 radical (unpaired) electrons. The van der Waals surface area contributed by atoms with Gasteiger partial charge in [-0.25, -0.2) is 9.67 Å². The molecule has 5 heteroatoms. The molecular weight excluding hydrogens is 222 g/mol. The molecule has 0 amide bonds. The third kappa shape index (κ3) is 4.14. The summed E-state index contributed by atoms with van der Waals surface area (Å²) in [6.07, 6.45) is 1.80. The molecule has 0 aliphatic heterocycles. The van der Waals surface area contributed by atoms with Crippen LogP contribution in [-0.4, -0.2) is 37.0 Å². The predicted molar refractivity (Wildman–Crippen MR) is 67.7 cm³/mol. The first-order valence-corrected chi connectivity index (χ1v) is 6.73. The monoisotopic (exact) mass is 243 g/mol. The molecule has 1 heterocycles. The van der Waals surface area contributed by atoms with Gasteiger partial charge in [0.2, 0.25) is 0 Å². The topological polar surface area (TPSA) is 50.9 Å². The fourth-order valence-corrected chi connectivity index (χ4v) is 2.15. The molecule has 1 unspecified atom stereocenters. The highest BCUT2D eigenvalue weighted by Gasteiger charge is 2.13. The zero-order valence-electron chi connectivity index (χ0n) is 10.4. The van der Waals surface area contributed by atoms with E-state index in [0.29, 0.717) is 17.7 Å². The molecule has 1 atom stereocenters. The smallest absolute Gasteiger partial charge is 0.138 e. The van der Waals surface area contributed by atoms with Crippen LogP contribution in [0.15, 0.2) is 6.33 Å². The number of thioether (sulfide) groups is 1. The van der Waals surface area contributed by atoms with Gasteiger partial charge in [-0.15, -0.1) is 0 Å². The van der Waals surface area contributed by atoms with Crippen molar-refractivity contribution < 1.29 is 5.11 Å². The van der Waals surface area contributed by atoms with Crippen molar-refractivity contribution in [2.75, 3.05) is 5.75 Å². The molecule has 0 bridgehead atoms. The standard InChI is InChI=1S/C11H21N3OS/c1-8(2)14-11(12-7-13-14)5-10(15)6-16-9(3)4/h7-10,15H,5-6H2,1-4H3. The third-order valence-electron chi connectivity index (χ3n) is 2.18. The van der Waals surface area contributed by atoms with E-state index in [-0.39, 0.29) is 6.10 Å². The van der Waals surface area contributed by atoms with Gasteiger partial charge in [-0.05, 0) is 19.1 Å². The van der Waals surface area contributed by atoms with E-state index in [1.807, 2.05) is 4.68 Å². The van der Waals surface area contributed by atoms with E-state index < -0.39 is 0 Å². The highest BCUT2D eigenvalue weighted by molar-refractivity contribution is 7.99. The Morgan fingerprint density at radius 3 is 2.62 bits per heavy atom. The van der Waals surface area contributed by atoms with Gasteiger partial charge in [0.25, 0.3) is 0 Å². The molecule has 0 spiro atoms. The molecule has 92 valence electrons. The number of hydrogen-bond donors (Lipinski definition) is 1. The van der Waals surface area contributed by atoms with Crippen molar-refractivity contribution in [3.63, 3.8) is 0 Å². The third-order valence-corrected chi connectivity index (χ3v) is 3.42. The first kappa shape index (κ1) is 13.5. The van der Waals surface area contributed by atoms with Crippen LogP contribution in [0.2, 0.25) is 0 Å². The molecule has 16 heavy (non-hydrogen) atoms. The van der Waals surface area contributed by atoms with Crippen molar-refractivity contribution in [3.8, 4) is 0 Å². The minimum Gasteiger partial charge on any atom is -0.392 e. The van der Waals surface area contributed by atoms with Crippen LogP contribution in [0.4, 0.5) is 0 Å². The van der Waals surface area contributed by atoms with Gasteiger partial charge >= 0.3 is 0 Å². The normalized spacial score (nSPS) is 13.7. The van der Waals surface area contributed by atoms with Crippen molar-refractivity contribution in [1.29, 1.82) is 0 Å². The molecule has 0 aromatic carbocycles. The SMILES string of the molecule is CC(C)SCC(O)Cc1ncnn1C(C)C. The zero-order chi connectivity index (χ0) is 12.1. The second-order valence-corrected chi connectivity index (χ2v) is 6.06. The molecule has 0 fully saturated rings. The first-order valence-electron chi connectivity index (χ1n) is 5.68. The fourth-order valence-electron chi connectivity index (χ4n) is 1.42. The van der Waals surface area contributed by atoms with Gasteiger partial charge in [0.1, 0.15) is 12.2 Å². The van der Waals surface area contributed by atoms with Crippen LogP contribution in [0, 0.1) is 0 Å². The van der Waals surface area contributed by atoms with Crippen molar-refractivity contribution in [3.05, 3.63) is 12.2 Å². The first-order chi connectivity index (χ1) is 7.50. The molecule has 1 aromatic rings. The summed E-state index contributed by atoms with van der Waals surface area (Å²) < 4.78 is 1.86. The van der Waals surface area contributed by atoms with E-state index in [2.05, 4.69) is 37.8 Å². The average molecular weight is 243 g/mol. The van der Waals surface area contributed by atoms with Crippen molar-refractivity contribution >= 4 is 11.8 Å². The molecule has 0 aliphatic carbocycles. The van der Waals surface area contributed by atoms with Crippen LogP contribution < -0.4 is 0 Å². The van der Waals surface area contributed by atoms with Crippen molar-refractivity contribution in [2.45, 2.75) is 51.5 Å². The number of rotatable bonds is 6. The minimum absolute atomic E-state index is 0.294. The molecule has 1 aromatic heterocycles. The summed E-state index contributed by atoms with van der Waals surface area (Å²) in [6, 6.07) is 0.294. The molecule has 0 saturated carbocycles. The molecular formula is C11H21N3OS. The Labute approximate surface area is 101 Å². The lowest BCUT2D eigenvalue weighted by molar-refractivity contribution is 0.194. The van der Waals surface area contributed by atoms with Gasteiger partial charge in [0.05, 0.1) is 6.10 Å². The maximum atomic E-state index is 9.87. The molecule has 4 nitrogen and oxygen atoms in total. The van der Waals surface area contributed by atoms with Crippen LogP contribution in [0.5, 0.6) is 0 Å². The van der Waals surface area contributed by atoms with Crippen LogP contribution in [-0.2, 0) is 6.42 Å². The van der Waals surface area contributed by atoms with Gasteiger partial charge in [-0.3, -0.25) is 0 Å². The van der Waals surface area contributed by atoms with Gasteiger partial charge in [-0.1, -0.05) is 13.8 Å². The predicted octanol–water partition coefficient (Wildman–Crippen LogP) is 1.90. The van der Waals surface area contributed by atoms with Gasteiger partial charge in [0.15, 0.2) is 0 Å². The Bertz CT molecular complexity index is 312. The van der Waals surface area contributed by atoms with Gasteiger partial charge in [-0.2, -0.15) is 16.9 Å². The van der Waals surface area contributed by atoms with Crippen LogP contribution in [0.1, 0.15) is 39.6 Å². The molecule has 0 saturated heterocycles. The lowest BCUT2D eigenvalue weighted by Crippen LogP contribution is -2.19. The van der Waals surface area contributed by atoms with Gasteiger partial charge < -0.3 is 5.11 Å². The van der Waals surface area contributed by atoms with Crippen LogP contribution >= 0.6 is 11.8 Å². The van der Waals surface area contributed by atoms with E-state index in [1.165, 1.54) is 0 Å². The number of aliphatic hydroxyl groups excluding tert-OH is 1. The summed E-state index contributed by atoms with van der Waals surface area (Å²) in [5, 5.41) is 14.6. The summed E-state index contributed by atoms with van der Waals surface area (Å²) in [4.78, 5) is 4.19. The molecule has 0 aliphatic rings. The number of aromatic nitrogens is 3. The minimum atomic E-state index is -0.339. The Hall–Kier alpha value is -0.550. The fraction of sp³-hybridized carbons (Fsp3) is 0.818. The Kier molecular flexibility index (Phi) is 5.28. The highest BCUT2D eigenvalue weighted by Crippen LogP contribution is 2.14. The summed E-state index contributed by atoms with van der Waals surface area (Å²) in [6.45, 7) is 8.39.